The van der Waals surface area contributed by atoms with Gasteiger partial charge in [-0.15, -0.1) is 12.4 Å². The molecule has 2 unspecified atom stereocenters. The molecule has 0 aliphatic carbocycles. The van der Waals surface area contributed by atoms with Gasteiger partial charge in [0.05, 0.1) is 11.8 Å². The van der Waals surface area contributed by atoms with E-state index in [-0.39, 0.29) is 12.4 Å². The van der Waals surface area contributed by atoms with E-state index in [9.17, 15) is 9.59 Å². The van der Waals surface area contributed by atoms with Gasteiger partial charge in [-0.2, -0.15) is 0 Å². The monoisotopic (exact) mass is 268 g/mol. The summed E-state index contributed by atoms with van der Waals surface area (Å²) in [7, 11) is 0. The highest BCUT2D eigenvalue weighted by Gasteiger charge is 2.22. The van der Waals surface area contributed by atoms with Gasteiger partial charge in [0.1, 0.15) is 0 Å². The average molecular weight is 269 g/mol. The van der Waals surface area contributed by atoms with E-state index in [0.29, 0.717) is 38.8 Å². The van der Waals surface area contributed by atoms with Gasteiger partial charge in [-0.3, -0.25) is 9.59 Å². The van der Waals surface area contributed by atoms with E-state index in [4.69, 9.17) is 21.7 Å². The van der Waals surface area contributed by atoms with Crippen LogP contribution in [0.5, 0.6) is 0 Å². The molecule has 6 nitrogen and oxygen atoms in total. The number of carboxylic acids is 2. The number of nitrogens with two attached hydrogens (primary N) is 2. The fourth-order valence-corrected chi connectivity index (χ4v) is 1.59. The van der Waals surface area contributed by atoms with Crippen molar-refractivity contribution in [3.05, 3.63) is 0 Å². The summed E-state index contributed by atoms with van der Waals surface area (Å²) in [5, 5.41) is 17.7. The number of carboxylic acid groups (broad SMARTS) is 2. The molecule has 7 heteroatoms. The summed E-state index contributed by atoms with van der Waals surface area (Å²) < 4.78 is 0. The summed E-state index contributed by atoms with van der Waals surface area (Å²) in [4.78, 5) is 21.6. The zero-order chi connectivity index (χ0) is 12.6. The van der Waals surface area contributed by atoms with Gasteiger partial charge in [0.15, 0.2) is 0 Å². The molecule has 0 rings (SSSR count). The Kier molecular flexibility index (Phi) is 11.2. The third-order valence-electron chi connectivity index (χ3n) is 2.59. The van der Waals surface area contributed by atoms with Crippen molar-refractivity contribution in [1.29, 1.82) is 0 Å². The lowest BCUT2D eigenvalue weighted by Crippen LogP contribution is -2.22. The number of hydrogen-bond donors (Lipinski definition) is 4. The van der Waals surface area contributed by atoms with E-state index in [1.54, 1.807) is 0 Å². The molecule has 0 aromatic rings. The molecule has 0 bridgehead atoms. The first-order chi connectivity index (χ1) is 7.52. The molecule has 0 spiro atoms. The highest BCUT2D eigenvalue weighted by atomic mass is 35.5. The zero-order valence-electron chi connectivity index (χ0n) is 9.67. The molecule has 0 amide bonds. The van der Waals surface area contributed by atoms with Gasteiger partial charge >= 0.3 is 11.9 Å². The maximum Gasteiger partial charge on any atom is 0.306 e. The van der Waals surface area contributed by atoms with Gasteiger partial charge in [-0.05, 0) is 38.8 Å². The molecule has 0 aliphatic rings. The lowest BCUT2D eigenvalue weighted by molar-refractivity contribution is -0.145. The van der Waals surface area contributed by atoms with E-state index < -0.39 is 23.8 Å². The number of halogens is 1. The predicted molar refractivity (Wildman–Crippen MR) is 66.1 cm³/mol. The van der Waals surface area contributed by atoms with Gasteiger partial charge in [-0.1, -0.05) is 0 Å². The van der Waals surface area contributed by atoms with Crippen LogP contribution in [0.25, 0.3) is 0 Å². The van der Waals surface area contributed by atoms with Crippen molar-refractivity contribution in [3.8, 4) is 0 Å². The fourth-order valence-electron chi connectivity index (χ4n) is 1.59. The normalized spacial score (nSPS) is 13.5. The summed E-state index contributed by atoms with van der Waals surface area (Å²) in [5.74, 6) is -2.93. The number of aliphatic carboxylic acids is 2. The van der Waals surface area contributed by atoms with Gasteiger partial charge in [-0.25, -0.2) is 0 Å². The van der Waals surface area contributed by atoms with Crippen LogP contribution in [0.1, 0.15) is 25.7 Å². The Labute approximate surface area is 107 Å². The van der Waals surface area contributed by atoms with Gasteiger partial charge in [0.2, 0.25) is 0 Å². The SMILES string of the molecule is Cl.NCCC(CCC(CCN)C(=O)O)C(=O)O. The largest absolute Gasteiger partial charge is 0.481 e. The highest BCUT2D eigenvalue weighted by Crippen LogP contribution is 2.18. The highest BCUT2D eigenvalue weighted by molar-refractivity contribution is 5.85. The molecular weight excluding hydrogens is 248 g/mol. The lowest BCUT2D eigenvalue weighted by atomic mass is 9.92. The van der Waals surface area contributed by atoms with Crippen LogP contribution >= 0.6 is 12.4 Å². The van der Waals surface area contributed by atoms with Crippen LogP contribution < -0.4 is 11.5 Å². The summed E-state index contributed by atoms with van der Waals surface area (Å²) >= 11 is 0. The maximum absolute atomic E-state index is 10.8. The summed E-state index contributed by atoms with van der Waals surface area (Å²) in [6, 6.07) is 0. The van der Waals surface area contributed by atoms with Crippen LogP contribution in [0.2, 0.25) is 0 Å². The molecule has 0 saturated carbocycles. The van der Waals surface area contributed by atoms with Crippen molar-refractivity contribution in [1.82, 2.24) is 0 Å². The molecule has 2 atom stereocenters. The van der Waals surface area contributed by atoms with Crippen LogP contribution in [-0.2, 0) is 9.59 Å². The first kappa shape index (κ1) is 18.5. The van der Waals surface area contributed by atoms with E-state index in [1.807, 2.05) is 0 Å². The Morgan fingerprint density at radius 2 is 1.12 bits per heavy atom. The Morgan fingerprint density at radius 1 is 0.824 bits per heavy atom. The minimum atomic E-state index is -0.915. The van der Waals surface area contributed by atoms with Crippen molar-refractivity contribution < 1.29 is 19.8 Å². The molecule has 0 heterocycles. The summed E-state index contributed by atoms with van der Waals surface area (Å²) in [5.41, 5.74) is 10.6. The number of hydrogen-bond acceptors (Lipinski definition) is 4. The average Bonchev–Trinajstić information content (AvgIpc) is 2.21. The second-order valence-corrected chi connectivity index (χ2v) is 3.80. The number of rotatable bonds is 9. The summed E-state index contributed by atoms with van der Waals surface area (Å²) in [6.07, 6.45) is 1.43. The summed E-state index contributed by atoms with van der Waals surface area (Å²) in [6.45, 7) is 0.594. The Morgan fingerprint density at radius 3 is 1.29 bits per heavy atom. The van der Waals surface area contributed by atoms with Crippen LogP contribution in [0.4, 0.5) is 0 Å². The smallest absolute Gasteiger partial charge is 0.306 e. The van der Waals surface area contributed by atoms with Crippen LogP contribution in [0, 0.1) is 11.8 Å². The maximum atomic E-state index is 10.8. The molecule has 0 radical (unpaired) electrons. The van der Waals surface area contributed by atoms with Gasteiger partial charge in [0.25, 0.3) is 0 Å². The molecule has 17 heavy (non-hydrogen) atoms. The Bertz CT molecular complexity index is 214. The van der Waals surface area contributed by atoms with Crippen molar-refractivity contribution in [2.75, 3.05) is 13.1 Å². The molecule has 102 valence electrons. The third kappa shape index (κ3) is 7.95. The van der Waals surface area contributed by atoms with Gasteiger partial charge < -0.3 is 21.7 Å². The van der Waals surface area contributed by atoms with E-state index in [1.165, 1.54) is 0 Å². The van der Waals surface area contributed by atoms with Crippen molar-refractivity contribution in [3.63, 3.8) is 0 Å². The standard InChI is InChI=1S/C10H20N2O4.ClH/c11-5-3-7(9(13)14)1-2-8(4-6-12)10(15)16;/h7-8H,1-6,11-12H2,(H,13,14)(H,15,16);1H. The third-order valence-corrected chi connectivity index (χ3v) is 2.59. The first-order valence-electron chi connectivity index (χ1n) is 5.38. The van der Waals surface area contributed by atoms with Gasteiger partial charge in [0, 0.05) is 0 Å². The van der Waals surface area contributed by atoms with E-state index >= 15 is 0 Å². The van der Waals surface area contributed by atoms with Crippen LogP contribution in [0.3, 0.4) is 0 Å². The fraction of sp³-hybridized carbons (Fsp3) is 0.800. The molecule has 0 saturated heterocycles. The lowest BCUT2D eigenvalue weighted by Gasteiger charge is -2.15. The first-order valence-corrected chi connectivity index (χ1v) is 5.38. The van der Waals surface area contributed by atoms with Crippen molar-refractivity contribution >= 4 is 24.3 Å². The molecule has 0 aromatic heterocycles. The zero-order valence-corrected chi connectivity index (χ0v) is 10.5. The predicted octanol–water partition coefficient (Wildman–Crippen LogP) is 0.288. The topological polar surface area (TPSA) is 127 Å². The Balaban J connectivity index is 0. The molecule has 0 aromatic carbocycles. The quantitative estimate of drug-likeness (QED) is 0.476. The minimum absolute atomic E-state index is 0. The molecule has 0 aliphatic heterocycles. The van der Waals surface area contributed by atoms with E-state index in [0.717, 1.165) is 0 Å². The van der Waals surface area contributed by atoms with Crippen molar-refractivity contribution in [2.24, 2.45) is 23.3 Å². The van der Waals surface area contributed by atoms with Crippen LogP contribution in [-0.4, -0.2) is 35.2 Å². The Hall–Kier alpha value is -0.850. The molecular formula is C10H21ClN2O4. The molecule has 0 fully saturated rings. The number of carbonyl (C=O) groups is 2. The van der Waals surface area contributed by atoms with Crippen molar-refractivity contribution in [2.45, 2.75) is 25.7 Å². The minimum Gasteiger partial charge on any atom is -0.481 e. The second kappa shape index (κ2) is 10.3. The molecule has 6 N–H and O–H groups in total. The van der Waals surface area contributed by atoms with Crippen LogP contribution in [0.15, 0.2) is 0 Å². The van der Waals surface area contributed by atoms with E-state index in [2.05, 4.69) is 0 Å². The second-order valence-electron chi connectivity index (χ2n) is 3.80.